The Bertz CT molecular complexity index is 1360. The molecule has 0 bridgehead atoms. The molecular weight excluding hydrogens is 441 g/mol. The number of hydrogen-bond acceptors (Lipinski definition) is 2. The number of allylic oxidation sites excluding steroid dienone is 1. The second-order valence-electron chi connectivity index (χ2n) is 6.62. The Kier molecular flexibility index (Phi) is 5.78. The van der Waals surface area contributed by atoms with Crippen molar-refractivity contribution in [3.8, 4) is 11.1 Å². The summed E-state index contributed by atoms with van der Waals surface area (Å²) in [6.07, 6.45) is 2.87. The van der Waals surface area contributed by atoms with Crippen LogP contribution in [0, 0.1) is 0 Å². The van der Waals surface area contributed by atoms with Gasteiger partial charge in [-0.15, -0.1) is 0 Å². The third kappa shape index (κ3) is 4.05. The quantitative estimate of drug-likeness (QED) is 0.265. The Labute approximate surface area is 187 Å². The highest BCUT2D eigenvalue weighted by atomic mass is 35.5. The summed E-state index contributed by atoms with van der Waals surface area (Å²) in [7, 11) is 0. The van der Waals surface area contributed by atoms with Gasteiger partial charge in [0.15, 0.2) is 5.78 Å². The van der Waals surface area contributed by atoms with Gasteiger partial charge in [-0.05, 0) is 59.7 Å². The van der Waals surface area contributed by atoms with Gasteiger partial charge in [0.25, 0.3) is 5.56 Å². The topological polar surface area (TPSA) is 49.9 Å². The molecule has 3 nitrogen and oxygen atoms in total. The van der Waals surface area contributed by atoms with Gasteiger partial charge >= 0.3 is 0 Å². The van der Waals surface area contributed by atoms with E-state index < -0.39 is 11.3 Å². The zero-order valence-corrected chi connectivity index (χ0v) is 17.7. The molecule has 148 valence electrons. The van der Waals surface area contributed by atoms with Crippen LogP contribution in [0.15, 0.2) is 77.6 Å². The summed E-state index contributed by atoms with van der Waals surface area (Å²) >= 11 is 18.4. The first-order valence-electron chi connectivity index (χ1n) is 9.02. The summed E-state index contributed by atoms with van der Waals surface area (Å²) in [4.78, 5) is 28.8. The van der Waals surface area contributed by atoms with Crippen molar-refractivity contribution >= 4 is 57.6 Å². The number of halogens is 3. The molecule has 0 atom stereocenters. The predicted molar refractivity (Wildman–Crippen MR) is 125 cm³/mol. The second-order valence-corrected chi connectivity index (χ2v) is 7.90. The van der Waals surface area contributed by atoms with Crippen LogP contribution in [0.25, 0.3) is 28.1 Å². The first kappa shape index (κ1) is 20.4. The maximum atomic E-state index is 13.1. The first-order chi connectivity index (χ1) is 14.4. The maximum absolute atomic E-state index is 13.1. The zero-order chi connectivity index (χ0) is 21.3. The van der Waals surface area contributed by atoms with Gasteiger partial charge in [0.2, 0.25) is 0 Å². The average Bonchev–Trinajstić information content (AvgIpc) is 2.74. The van der Waals surface area contributed by atoms with Crippen molar-refractivity contribution in [3.05, 3.63) is 109 Å². The third-order valence-corrected chi connectivity index (χ3v) is 5.47. The Morgan fingerprint density at radius 3 is 2.33 bits per heavy atom. The molecule has 0 amide bonds. The minimum Gasteiger partial charge on any atom is -0.321 e. The summed E-state index contributed by atoms with van der Waals surface area (Å²) in [5.41, 5.74) is 2.01. The predicted octanol–water partition coefficient (Wildman–Crippen LogP) is 7.05. The fourth-order valence-electron chi connectivity index (χ4n) is 3.30. The lowest BCUT2D eigenvalue weighted by Gasteiger charge is -2.11. The van der Waals surface area contributed by atoms with Crippen molar-refractivity contribution in [2.45, 2.75) is 0 Å². The van der Waals surface area contributed by atoms with Gasteiger partial charge in [0.1, 0.15) is 0 Å². The Hall–Kier alpha value is -2.85. The summed E-state index contributed by atoms with van der Waals surface area (Å²) in [6, 6.07) is 19.4. The number of aromatic amines is 1. The van der Waals surface area contributed by atoms with Crippen molar-refractivity contribution in [1.29, 1.82) is 0 Å². The molecule has 1 N–H and O–H groups in total. The van der Waals surface area contributed by atoms with Crippen LogP contribution in [0.2, 0.25) is 15.1 Å². The highest BCUT2D eigenvalue weighted by molar-refractivity contribution is 6.34. The molecule has 30 heavy (non-hydrogen) atoms. The third-order valence-electron chi connectivity index (χ3n) is 4.66. The normalized spacial score (nSPS) is 11.3. The molecular formula is C24H14Cl3NO2. The van der Waals surface area contributed by atoms with Crippen LogP contribution in [0.4, 0.5) is 0 Å². The van der Waals surface area contributed by atoms with Crippen molar-refractivity contribution in [1.82, 2.24) is 4.98 Å². The number of aromatic nitrogens is 1. The minimum atomic E-state index is -0.476. The van der Waals surface area contributed by atoms with Gasteiger partial charge in [-0.2, -0.15) is 0 Å². The molecule has 0 radical (unpaired) electrons. The molecule has 1 heterocycles. The highest BCUT2D eigenvalue weighted by Crippen LogP contribution is 2.32. The van der Waals surface area contributed by atoms with Crippen molar-refractivity contribution in [2.24, 2.45) is 0 Å². The minimum absolute atomic E-state index is 0.0327. The average molecular weight is 455 g/mol. The monoisotopic (exact) mass is 453 g/mol. The van der Waals surface area contributed by atoms with E-state index in [0.29, 0.717) is 37.1 Å². The smallest absolute Gasteiger partial charge is 0.260 e. The number of pyridine rings is 1. The molecule has 0 aliphatic rings. The number of carbonyl (C=O) groups excluding carboxylic acids is 1. The van der Waals surface area contributed by atoms with Crippen molar-refractivity contribution in [2.75, 3.05) is 0 Å². The number of fused-ring (bicyclic) bond motifs is 1. The van der Waals surface area contributed by atoms with E-state index in [1.165, 1.54) is 6.08 Å². The molecule has 0 unspecified atom stereocenters. The molecule has 0 saturated heterocycles. The van der Waals surface area contributed by atoms with Gasteiger partial charge in [0.05, 0.1) is 5.56 Å². The van der Waals surface area contributed by atoms with Crippen molar-refractivity contribution < 1.29 is 4.79 Å². The molecule has 3 aromatic carbocycles. The molecule has 0 fully saturated rings. The van der Waals surface area contributed by atoms with Crippen LogP contribution in [0.3, 0.4) is 0 Å². The van der Waals surface area contributed by atoms with E-state index in [0.717, 1.165) is 5.56 Å². The van der Waals surface area contributed by atoms with E-state index in [9.17, 15) is 9.59 Å². The van der Waals surface area contributed by atoms with Crippen LogP contribution >= 0.6 is 34.8 Å². The second kappa shape index (κ2) is 8.49. The fraction of sp³-hybridized carbons (Fsp3) is 0. The van der Waals surface area contributed by atoms with E-state index in [1.54, 1.807) is 42.5 Å². The van der Waals surface area contributed by atoms with Gasteiger partial charge in [-0.3, -0.25) is 9.59 Å². The number of nitrogens with one attached hydrogen (secondary N) is 1. The van der Waals surface area contributed by atoms with Crippen molar-refractivity contribution in [3.63, 3.8) is 0 Å². The first-order valence-corrected chi connectivity index (χ1v) is 10.2. The Morgan fingerprint density at radius 1 is 0.867 bits per heavy atom. The van der Waals surface area contributed by atoms with Gasteiger partial charge in [0, 0.05) is 31.5 Å². The number of carbonyl (C=O) groups is 1. The molecule has 0 spiro atoms. The Balaban J connectivity index is 1.93. The number of benzene rings is 3. The SMILES string of the molecule is O=C(C=Cc1cc(Cl)ccc1Cl)c1c(-c2ccccc2)c2cc(Cl)ccc2[nH]c1=O. The zero-order valence-electron chi connectivity index (χ0n) is 15.5. The number of H-pyrrole nitrogens is 1. The summed E-state index contributed by atoms with van der Waals surface area (Å²) in [5.74, 6) is -0.451. The standard InChI is InChI=1S/C24H14Cl3NO2/c25-16-7-9-19(27)15(12-16)6-11-21(29)23-22(14-4-2-1-3-5-14)18-13-17(26)8-10-20(18)28-24(23)30/h1-13H,(H,28,30). The number of rotatable bonds is 4. The molecule has 0 aliphatic carbocycles. The Morgan fingerprint density at radius 2 is 1.57 bits per heavy atom. The largest absolute Gasteiger partial charge is 0.321 e. The van der Waals surface area contributed by atoms with Gasteiger partial charge in [-0.1, -0.05) is 65.1 Å². The lowest BCUT2D eigenvalue weighted by molar-refractivity contribution is 0.104. The lowest BCUT2D eigenvalue weighted by atomic mass is 9.94. The number of hydrogen-bond donors (Lipinski definition) is 1. The number of ketones is 1. The van der Waals surface area contributed by atoms with E-state index in [4.69, 9.17) is 34.8 Å². The van der Waals surface area contributed by atoms with E-state index in [2.05, 4.69) is 4.98 Å². The molecule has 0 aliphatic heterocycles. The van der Waals surface area contributed by atoms with Crippen LogP contribution in [0.5, 0.6) is 0 Å². The molecule has 1 aromatic heterocycles. The summed E-state index contributed by atoms with van der Waals surface area (Å²) < 4.78 is 0. The molecule has 6 heteroatoms. The van der Waals surface area contributed by atoms with E-state index in [1.807, 2.05) is 30.3 Å². The molecule has 4 rings (SSSR count). The van der Waals surface area contributed by atoms with E-state index >= 15 is 0 Å². The lowest BCUT2D eigenvalue weighted by Crippen LogP contribution is -2.18. The van der Waals surface area contributed by atoms with Crippen LogP contribution in [-0.2, 0) is 0 Å². The van der Waals surface area contributed by atoms with Gasteiger partial charge < -0.3 is 4.98 Å². The summed E-state index contributed by atoms with van der Waals surface area (Å²) in [5, 5.41) is 2.14. The van der Waals surface area contributed by atoms with E-state index in [-0.39, 0.29) is 5.56 Å². The molecule has 4 aromatic rings. The van der Waals surface area contributed by atoms with Crippen LogP contribution in [0.1, 0.15) is 15.9 Å². The molecule has 0 saturated carbocycles. The fourth-order valence-corrected chi connectivity index (χ4v) is 3.83. The van der Waals surface area contributed by atoms with Crippen LogP contribution < -0.4 is 5.56 Å². The van der Waals surface area contributed by atoms with Crippen LogP contribution in [-0.4, -0.2) is 10.8 Å². The summed E-state index contributed by atoms with van der Waals surface area (Å²) in [6.45, 7) is 0. The maximum Gasteiger partial charge on any atom is 0.260 e. The highest BCUT2D eigenvalue weighted by Gasteiger charge is 2.19. The van der Waals surface area contributed by atoms with Gasteiger partial charge in [-0.25, -0.2) is 0 Å².